The Morgan fingerprint density at radius 2 is 1.56 bits per heavy atom. The third-order valence-corrected chi connectivity index (χ3v) is 10.7. The zero-order valence-electron chi connectivity index (χ0n) is 20.4. The van der Waals surface area contributed by atoms with E-state index in [1.165, 1.54) is 60.7 Å². The van der Waals surface area contributed by atoms with Crippen molar-refractivity contribution in [3.05, 3.63) is 42.0 Å². The van der Waals surface area contributed by atoms with Crippen molar-refractivity contribution in [2.75, 3.05) is 0 Å². The molecule has 0 saturated heterocycles. The minimum absolute atomic E-state index is 0.124. The van der Waals surface area contributed by atoms with Crippen molar-refractivity contribution in [2.24, 2.45) is 17.8 Å². The molecule has 4 heteroatoms. The minimum atomic E-state index is -1.49. The number of hydrogen-bond acceptors (Lipinski definition) is 2. The monoisotopic (exact) mass is 444 g/mol. The maximum absolute atomic E-state index is 6.85. The zero-order chi connectivity index (χ0) is 22.3. The van der Waals surface area contributed by atoms with Crippen LogP contribution in [0.4, 0.5) is 0 Å². The molecule has 4 fully saturated rings. The maximum atomic E-state index is 6.85. The van der Waals surface area contributed by atoms with Crippen LogP contribution in [0.25, 0.3) is 11.1 Å². The Kier molecular flexibility index (Phi) is 4.76. The standard InChI is InChI=1S/C28H37BO2Si/c1-18(2)30-29-26-9-7-6-8-23(26)24-13-22(32(3,4)5)14-25(27(24)31-29)28-15-19-10-20(16-28)12-21(11-19)17-28/h6-9,13-14,18-21H,10-12,15-17H2,1-5H3. The molecular weight excluding hydrogens is 407 g/mol. The van der Waals surface area contributed by atoms with Crippen molar-refractivity contribution in [3.8, 4) is 16.9 Å². The van der Waals surface area contributed by atoms with Gasteiger partial charge in [0.25, 0.3) is 0 Å². The smallest absolute Gasteiger partial charge is 0.532 e. The average Bonchev–Trinajstić information content (AvgIpc) is 2.71. The van der Waals surface area contributed by atoms with E-state index in [9.17, 15) is 0 Å². The van der Waals surface area contributed by atoms with Crippen molar-refractivity contribution >= 4 is 25.8 Å². The molecule has 2 nitrogen and oxygen atoms in total. The summed E-state index contributed by atoms with van der Waals surface area (Å²) in [5.41, 5.74) is 5.64. The number of rotatable bonds is 4. The molecule has 168 valence electrons. The second-order valence-corrected chi connectivity index (χ2v) is 17.6. The Morgan fingerprint density at radius 1 is 0.938 bits per heavy atom. The quantitative estimate of drug-likeness (QED) is 0.549. The lowest BCUT2D eigenvalue weighted by Gasteiger charge is -2.57. The van der Waals surface area contributed by atoms with E-state index in [0.717, 1.165) is 23.5 Å². The molecule has 4 saturated carbocycles. The molecule has 32 heavy (non-hydrogen) atoms. The summed E-state index contributed by atoms with van der Waals surface area (Å²) in [7, 11) is -1.80. The molecule has 0 spiro atoms. The molecule has 0 aromatic heterocycles. The van der Waals surface area contributed by atoms with E-state index in [2.05, 4.69) is 69.9 Å². The summed E-state index contributed by atoms with van der Waals surface area (Å²) >= 11 is 0. The van der Waals surface area contributed by atoms with Gasteiger partial charge < -0.3 is 9.31 Å². The summed E-state index contributed by atoms with van der Waals surface area (Å²) in [5.74, 6) is 3.90. The van der Waals surface area contributed by atoms with Crippen molar-refractivity contribution in [1.29, 1.82) is 0 Å². The lowest BCUT2D eigenvalue weighted by Crippen LogP contribution is -2.51. The van der Waals surface area contributed by atoms with E-state index < -0.39 is 8.07 Å². The molecule has 0 amide bonds. The highest BCUT2D eigenvalue weighted by Gasteiger charge is 2.53. The molecule has 4 bridgehead atoms. The van der Waals surface area contributed by atoms with Crippen LogP contribution in [0.1, 0.15) is 57.9 Å². The first-order chi connectivity index (χ1) is 15.2. The SMILES string of the molecule is CC(C)OB1Oc2c(cc([Si](C)(C)C)cc2C23CC4CC(CC(C4)C2)C3)-c2ccccc21. The highest BCUT2D eigenvalue weighted by molar-refractivity contribution is 6.88. The molecule has 1 heterocycles. The van der Waals surface area contributed by atoms with E-state index in [1.807, 2.05) is 0 Å². The van der Waals surface area contributed by atoms with Gasteiger partial charge in [-0.05, 0) is 86.7 Å². The summed E-state index contributed by atoms with van der Waals surface area (Å²) in [5, 5.41) is 1.57. The molecule has 0 N–H and O–H groups in total. The second kappa shape index (κ2) is 7.24. The van der Waals surface area contributed by atoms with Crippen LogP contribution in [-0.2, 0) is 10.1 Å². The van der Waals surface area contributed by atoms with Crippen LogP contribution in [0, 0.1) is 17.8 Å². The fourth-order valence-corrected chi connectivity index (χ4v) is 8.84. The molecule has 7 rings (SSSR count). The summed E-state index contributed by atoms with van der Waals surface area (Å²) in [4.78, 5) is 0. The first-order valence-corrected chi connectivity index (χ1v) is 16.3. The molecular formula is C28H37BO2Si. The van der Waals surface area contributed by atoms with Crippen LogP contribution < -0.4 is 15.3 Å². The van der Waals surface area contributed by atoms with Crippen LogP contribution in [-0.4, -0.2) is 21.3 Å². The normalized spacial score (nSPS) is 30.3. The molecule has 1 aliphatic heterocycles. The molecule has 5 aliphatic rings. The molecule has 0 atom stereocenters. The van der Waals surface area contributed by atoms with Crippen LogP contribution in [0.3, 0.4) is 0 Å². The van der Waals surface area contributed by atoms with E-state index in [1.54, 1.807) is 5.19 Å². The molecule has 0 radical (unpaired) electrons. The van der Waals surface area contributed by atoms with Gasteiger partial charge >= 0.3 is 7.12 Å². The van der Waals surface area contributed by atoms with E-state index in [4.69, 9.17) is 9.31 Å². The molecule has 0 unspecified atom stereocenters. The van der Waals surface area contributed by atoms with Crippen LogP contribution in [0.2, 0.25) is 19.6 Å². The van der Waals surface area contributed by atoms with Gasteiger partial charge in [-0.3, -0.25) is 0 Å². The lowest BCUT2D eigenvalue weighted by atomic mass is 9.47. The Balaban J connectivity index is 1.57. The predicted molar refractivity (Wildman–Crippen MR) is 137 cm³/mol. The topological polar surface area (TPSA) is 18.5 Å². The molecule has 2 aromatic carbocycles. The number of fused-ring (bicyclic) bond motifs is 3. The van der Waals surface area contributed by atoms with Gasteiger partial charge in [0.1, 0.15) is 5.75 Å². The third-order valence-electron chi connectivity index (χ3n) is 8.69. The summed E-state index contributed by atoms with van der Waals surface area (Å²) in [6.45, 7) is 11.7. The Labute approximate surface area is 195 Å². The summed E-state index contributed by atoms with van der Waals surface area (Å²) in [6.07, 6.45) is 8.62. The second-order valence-electron chi connectivity index (χ2n) is 12.6. The average molecular weight is 445 g/mol. The van der Waals surface area contributed by atoms with E-state index >= 15 is 0 Å². The maximum Gasteiger partial charge on any atom is 0.563 e. The highest BCUT2D eigenvalue weighted by atomic mass is 28.3. The van der Waals surface area contributed by atoms with Crippen molar-refractivity contribution < 1.29 is 9.31 Å². The first kappa shape index (κ1) is 21.0. The number of benzene rings is 2. The van der Waals surface area contributed by atoms with Gasteiger partial charge in [0.15, 0.2) is 0 Å². The first-order valence-electron chi connectivity index (χ1n) is 12.8. The van der Waals surface area contributed by atoms with Gasteiger partial charge in [0.2, 0.25) is 0 Å². The highest BCUT2D eigenvalue weighted by Crippen LogP contribution is 2.62. The van der Waals surface area contributed by atoms with Gasteiger partial charge in [0.05, 0.1) is 8.07 Å². The fourth-order valence-electron chi connectivity index (χ4n) is 7.69. The van der Waals surface area contributed by atoms with Gasteiger partial charge in [-0.15, -0.1) is 0 Å². The predicted octanol–water partition coefficient (Wildman–Crippen LogP) is 5.88. The van der Waals surface area contributed by atoms with Crippen LogP contribution in [0.5, 0.6) is 5.75 Å². The van der Waals surface area contributed by atoms with Gasteiger partial charge in [-0.25, -0.2) is 0 Å². The van der Waals surface area contributed by atoms with Gasteiger partial charge in [-0.1, -0.05) is 61.2 Å². The number of hydrogen-bond donors (Lipinski definition) is 0. The Bertz CT molecular complexity index is 1020. The molecule has 2 aromatic rings. The van der Waals surface area contributed by atoms with Crippen molar-refractivity contribution in [1.82, 2.24) is 0 Å². The lowest BCUT2D eigenvalue weighted by molar-refractivity contribution is -0.00587. The van der Waals surface area contributed by atoms with Crippen molar-refractivity contribution in [3.63, 3.8) is 0 Å². The van der Waals surface area contributed by atoms with E-state index in [-0.39, 0.29) is 13.2 Å². The third kappa shape index (κ3) is 3.32. The van der Waals surface area contributed by atoms with Crippen LogP contribution in [0.15, 0.2) is 36.4 Å². The van der Waals surface area contributed by atoms with E-state index in [0.29, 0.717) is 5.41 Å². The summed E-state index contributed by atoms with van der Waals surface area (Å²) in [6, 6.07) is 13.8. The van der Waals surface area contributed by atoms with Crippen molar-refractivity contribution in [2.45, 2.75) is 83.5 Å². The van der Waals surface area contributed by atoms with Gasteiger partial charge in [-0.2, -0.15) is 0 Å². The fraction of sp³-hybridized carbons (Fsp3) is 0.571. The summed E-state index contributed by atoms with van der Waals surface area (Å²) < 4.78 is 13.2. The van der Waals surface area contributed by atoms with Crippen LogP contribution >= 0.6 is 0 Å². The van der Waals surface area contributed by atoms with Gasteiger partial charge in [0, 0.05) is 17.1 Å². The molecule has 4 aliphatic carbocycles. The zero-order valence-corrected chi connectivity index (χ0v) is 21.4. The largest absolute Gasteiger partial charge is 0.563 e. The Hall–Kier alpha value is -1.52. The minimum Gasteiger partial charge on any atom is -0.532 e. The Morgan fingerprint density at radius 3 is 2.16 bits per heavy atom.